The minimum absolute atomic E-state index is 0.120. The van der Waals surface area contributed by atoms with Gasteiger partial charge in [-0.15, -0.1) is 11.3 Å². The molecule has 3 aromatic rings. The molecule has 1 aliphatic rings. The molecule has 1 fully saturated rings. The van der Waals surface area contributed by atoms with Gasteiger partial charge >= 0.3 is 0 Å². The van der Waals surface area contributed by atoms with E-state index < -0.39 is 5.92 Å². The molecule has 0 saturated heterocycles. The van der Waals surface area contributed by atoms with Gasteiger partial charge in [0.25, 0.3) is 5.91 Å². The third-order valence-corrected chi connectivity index (χ3v) is 5.42. The van der Waals surface area contributed by atoms with Gasteiger partial charge in [-0.05, 0) is 35.4 Å². The Kier molecular flexibility index (Phi) is 5.03. The van der Waals surface area contributed by atoms with Crippen LogP contribution in [0.4, 0.5) is 5.00 Å². The molecule has 0 atom stereocenters. The van der Waals surface area contributed by atoms with Gasteiger partial charge in [0.05, 0.1) is 11.5 Å². The van der Waals surface area contributed by atoms with Gasteiger partial charge in [-0.1, -0.05) is 60.7 Å². The van der Waals surface area contributed by atoms with E-state index in [0.717, 1.165) is 24.0 Å². The second-order valence-corrected chi connectivity index (χ2v) is 7.57. The Balaban J connectivity index is 1.60. The van der Waals surface area contributed by atoms with Gasteiger partial charge in [0, 0.05) is 6.04 Å². The average molecular weight is 376 g/mol. The van der Waals surface area contributed by atoms with E-state index in [1.54, 1.807) is 6.07 Å². The highest BCUT2D eigenvalue weighted by Crippen LogP contribution is 2.30. The molecule has 0 spiro atoms. The average Bonchev–Trinajstić information content (AvgIpc) is 3.38. The molecule has 0 aliphatic heterocycles. The molecule has 1 heterocycles. The van der Waals surface area contributed by atoms with Crippen molar-refractivity contribution in [1.29, 1.82) is 0 Å². The highest BCUT2D eigenvalue weighted by Gasteiger charge is 2.27. The third-order valence-electron chi connectivity index (χ3n) is 4.59. The van der Waals surface area contributed by atoms with Crippen LogP contribution in [-0.4, -0.2) is 17.9 Å². The molecule has 136 valence electrons. The zero-order valence-corrected chi connectivity index (χ0v) is 15.5. The number of hydrogen-bond donors (Lipinski definition) is 2. The van der Waals surface area contributed by atoms with Crippen molar-refractivity contribution in [2.24, 2.45) is 0 Å². The Hall–Kier alpha value is -2.92. The van der Waals surface area contributed by atoms with Crippen LogP contribution in [0.5, 0.6) is 0 Å². The molecule has 27 heavy (non-hydrogen) atoms. The van der Waals surface area contributed by atoms with Crippen LogP contribution in [-0.2, 0) is 4.79 Å². The predicted molar refractivity (Wildman–Crippen MR) is 108 cm³/mol. The first-order valence-corrected chi connectivity index (χ1v) is 9.89. The van der Waals surface area contributed by atoms with Crippen molar-refractivity contribution in [2.75, 3.05) is 5.32 Å². The van der Waals surface area contributed by atoms with E-state index in [-0.39, 0.29) is 17.9 Å². The fourth-order valence-electron chi connectivity index (χ4n) is 3.05. The lowest BCUT2D eigenvalue weighted by Crippen LogP contribution is -2.27. The number of amides is 2. The first-order chi connectivity index (χ1) is 13.2. The number of benzene rings is 2. The summed E-state index contributed by atoms with van der Waals surface area (Å²) < 4.78 is 0. The predicted octanol–water partition coefficient (Wildman–Crippen LogP) is 4.41. The lowest BCUT2D eigenvalue weighted by molar-refractivity contribution is -0.116. The second-order valence-electron chi connectivity index (χ2n) is 6.65. The summed E-state index contributed by atoms with van der Waals surface area (Å²) in [6.45, 7) is 0. The van der Waals surface area contributed by atoms with E-state index >= 15 is 0 Å². The molecule has 2 amide bonds. The topological polar surface area (TPSA) is 58.2 Å². The summed E-state index contributed by atoms with van der Waals surface area (Å²) in [6.07, 6.45) is 2.06. The van der Waals surface area contributed by atoms with Crippen LogP contribution in [0.25, 0.3) is 0 Å². The summed E-state index contributed by atoms with van der Waals surface area (Å²) in [7, 11) is 0. The number of carbonyl (C=O) groups is 2. The van der Waals surface area contributed by atoms with Crippen molar-refractivity contribution >= 4 is 28.2 Å². The van der Waals surface area contributed by atoms with Gasteiger partial charge in [-0.2, -0.15) is 0 Å². The summed E-state index contributed by atoms with van der Waals surface area (Å²) in [5.41, 5.74) is 2.36. The zero-order chi connectivity index (χ0) is 18.6. The van der Waals surface area contributed by atoms with Gasteiger partial charge < -0.3 is 10.6 Å². The Morgan fingerprint density at radius 2 is 1.48 bits per heavy atom. The van der Waals surface area contributed by atoms with Crippen molar-refractivity contribution in [3.8, 4) is 0 Å². The van der Waals surface area contributed by atoms with Crippen molar-refractivity contribution in [3.63, 3.8) is 0 Å². The standard InChI is InChI=1S/C22H20N2O2S/c25-20(23-17-11-12-17)18-13-14-27-22(18)24-21(26)19(15-7-3-1-4-8-15)16-9-5-2-6-10-16/h1-10,13-14,17,19H,11-12H2,(H,23,25)(H,24,26). The summed E-state index contributed by atoms with van der Waals surface area (Å²) in [4.78, 5) is 25.6. The van der Waals surface area contributed by atoms with Crippen LogP contribution in [0.3, 0.4) is 0 Å². The maximum absolute atomic E-state index is 13.2. The Morgan fingerprint density at radius 3 is 2.04 bits per heavy atom. The minimum atomic E-state index is -0.436. The van der Waals surface area contributed by atoms with Crippen LogP contribution < -0.4 is 10.6 Å². The summed E-state index contributed by atoms with van der Waals surface area (Å²) in [5, 5.41) is 8.38. The van der Waals surface area contributed by atoms with Gasteiger partial charge in [0.15, 0.2) is 0 Å². The lowest BCUT2D eigenvalue weighted by atomic mass is 9.90. The molecule has 4 rings (SSSR count). The smallest absolute Gasteiger partial charge is 0.254 e. The fourth-order valence-corrected chi connectivity index (χ4v) is 3.83. The highest BCUT2D eigenvalue weighted by atomic mass is 32.1. The van der Waals surface area contributed by atoms with E-state index in [0.29, 0.717) is 10.6 Å². The third kappa shape index (κ3) is 4.09. The number of carbonyl (C=O) groups excluding carboxylic acids is 2. The van der Waals surface area contributed by atoms with E-state index in [1.165, 1.54) is 11.3 Å². The number of thiophene rings is 1. The Labute approximate surface area is 162 Å². The molecule has 5 heteroatoms. The van der Waals surface area contributed by atoms with E-state index in [1.807, 2.05) is 66.0 Å². The molecule has 0 radical (unpaired) electrons. The summed E-state index contributed by atoms with van der Waals surface area (Å²) in [6, 6.07) is 21.4. The Morgan fingerprint density at radius 1 is 0.889 bits per heavy atom. The number of anilines is 1. The molecule has 4 nitrogen and oxygen atoms in total. The number of nitrogens with one attached hydrogen (secondary N) is 2. The SMILES string of the molecule is O=C(NC1CC1)c1ccsc1NC(=O)C(c1ccccc1)c1ccccc1. The fraction of sp³-hybridized carbons (Fsp3) is 0.182. The lowest BCUT2D eigenvalue weighted by Gasteiger charge is -2.18. The molecule has 1 aliphatic carbocycles. The molecule has 0 unspecified atom stereocenters. The van der Waals surface area contributed by atoms with E-state index in [4.69, 9.17) is 0 Å². The molecular formula is C22H20N2O2S. The van der Waals surface area contributed by atoms with Crippen molar-refractivity contribution in [3.05, 3.63) is 88.8 Å². The molecule has 1 saturated carbocycles. The van der Waals surface area contributed by atoms with Crippen LogP contribution in [0.15, 0.2) is 72.1 Å². The number of rotatable bonds is 6. The molecular weight excluding hydrogens is 356 g/mol. The van der Waals surface area contributed by atoms with Crippen molar-refractivity contribution in [2.45, 2.75) is 24.8 Å². The molecule has 0 bridgehead atoms. The molecule has 1 aromatic heterocycles. The quantitative estimate of drug-likeness (QED) is 0.669. The summed E-state index contributed by atoms with van der Waals surface area (Å²) in [5.74, 6) is -0.700. The monoisotopic (exact) mass is 376 g/mol. The second kappa shape index (κ2) is 7.76. The first-order valence-electron chi connectivity index (χ1n) is 9.01. The van der Waals surface area contributed by atoms with Crippen LogP contribution >= 0.6 is 11.3 Å². The first kappa shape index (κ1) is 17.5. The van der Waals surface area contributed by atoms with E-state index in [2.05, 4.69) is 10.6 Å². The van der Waals surface area contributed by atoms with Crippen molar-refractivity contribution < 1.29 is 9.59 Å². The summed E-state index contributed by atoms with van der Waals surface area (Å²) >= 11 is 1.37. The van der Waals surface area contributed by atoms with E-state index in [9.17, 15) is 9.59 Å². The van der Waals surface area contributed by atoms with Crippen LogP contribution in [0, 0.1) is 0 Å². The Bertz CT molecular complexity index is 894. The normalized spacial score (nSPS) is 13.4. The maximum atomic E-state index is 13.2. The number of hydrogen-bond acceptors (Lipinski definition) is 3. The van der Waals surface area contributed by atoms with Crippen molar-refractivity contribution in [1.82, 2.24) is 5.32 Å². The largest absolute Gasteiger partial charge is 0.349 e. The van der Waals surface area contributed by atoms with Gasteiger partial charge in [0.2, 0.25) is 5.91 Å². The van der Waals surface area contributed by atoms with Gasteiger partial charge in [-0.3, -0.25) is 9.59 Å². The minimum Gasteiger partial charge on any atom is -0.349 e. The van der Waals surface area contributed by atoms with Gasteiger partial charge in [0.1, 0.15) is 5.00 Å². The van der Waals surface area contributed by atoms with Crippen LogP contribution in [0.2, 0.25) is 0 Å². The van der Waals surface area contributed by atoms with Crippen LogP contribution in [0.1, 0.15) is 40.2 Å². The van der Waals surface area contributed by atoms with Gasteiger partial charge in [-0.25, -0.2) is 0 Å². The molecule has 2 aromatic carbocycles. The highest BCUT2D eigenvalue weighted by molar-refractivity contribution is 7.14. The zero-order valence-electron chi connectivity index (χ0n) is 14.7. The maximum Gasteiger partial charge on any atom is 0.254 e. The molecule has 2 N–H and O–H groups in total.